The summed E-state index contributed by atoms with van der Waals surface area (Å²) < 4.78 is 0. The lowest BCUT2D eigenvalue weighted by atomic mass is 9.83. The number of nitrogens with zero attached hydrogens (tertiary/aromatic N) is 1. The van der Waals surface area contributed by atoms with Crippen LogP contribution in [-0.2, 0) is 0 Å². The molecule has 1 amide bonds. The van der Waals surface area contributed by atoms with E-state index >= 15 is 0 Å². The van der Waals surface area contributed by atoms with Gasteiger partial charge in [0.25, 0.3) is 5.91 Å². The molecule has 92 valence electrons. The molecule has 2 rings (SSSR count). The van der Waals surface area contributed by atoms with Crippen molar-refractivity contribution < 1.29 is 4.79 Å². The standard InChI is InChI=1S/C13H19N3O/c1-13(6-3-2-4-7-13)16-12(17)10-5-8-15-9-11(10)14/h5,8-9H,2-4,6-7,14H2,1H3,(H,16,17). The van der Waals surface area contributed by atoms with Crippen molar-refractivity contribution in [3.05, 3.63) is 24.0 Å². The van der Waals surface area contributed by atoms with Crippen molar-refractivity contribution in [2.75, 3.05) is 5.73 Å². The first-order valence-corrected chi connectivity index (χ1v) is 6.13. The summed E-state index contributed by atoms with van der Waals surface area (Å²) in [6.45, 7) is 2.11. The summed E-state index contributed by atoms with van der Waals surface area (Å²) >= 11 is 0. The summed E-state index contributed by atoms with van der Waals surface area (Å²) in [5, 5.41) is 3.11. The van der Waals surface area contributed by atoms with E-state index in [2.05, 4.69) is 17.2 Å². The van der Waals surface area contributed by atoms with Crippen molar-refractivity contribution in [1.82, 2.24) is 10.3 Å². The first kappa shape index (κ1) is 11.9. The van der Waals surface area contributed by atoms with Gasteiger partial charge in [-0.3, -0.25) is 9.78 Å². The normalized spacial score (nSPS) is 18.6. The third-order valence-corrected chi connectivity index (χ3v) is 3.47. The van der Waals surface area contributed by atoms with Crippen LogP contribution in [0.4, 0.5) is 5.69 Å². The molecule has 0 saturated heterocycles. The fourth-order valence-corrected chi connectivity index (χ4v) is 2.41. The highest BCUT2D eigenvalue weighted by Gasteiger charge is 2.29. The number of carbonyl (C=O) groups is 1. The molecular formula is C13H19N3O. The highest BCUT2D eigenvalue weighted by molar-refractivity contribution is 5.99. The summed E-state index contributed by atoms with van der Waals surface area (Å²) in [7, 11) is 0. The molecule has 1 heterocycles. The minimum atomic E-state index is -0.0886. The molecule has 3 N–H and O–H groups in total. The van der Waals surface area contributed by atoms with Crippen LogP contribution >= 0.6 is 0 Å². The van der Waals surface area contributed by atoms with Crippen LogP contribution in [0.2, 0.25) is 0 Å². The van der Waals surface area contributed by atoms with Crippen molar-refractivity contribution in [2.24, 2.45) is 0 Å². The fraction of sp³-hybridized carbons (Fsp3) is 0.538. The predicted molar refractivity (Wildman–Crippen MR) is 67.6 cm³/mol. The maximum atomic E-state index is 12.1. The zero-order chi connectivity index (χ0) is 12.3. The molecule has 4 nitrogen and oxygen atoms in total. The van der Waals surface area contributed by atoms with Gasteiger partial charge in [-0.05, 0) is 25.8 Å². The average molecular weight is 233 g/mol. The van der Waals surface area contributed by atoms with Gasteiger partial charge in [-0.1, -0.05) is 19.3 Å². The summed E-state index contributed by atoms with van der Waals surface area (Å²) in [5.74, 6) is -0.0886. The number of nitrogen functional groups attached to an aromatic ring is 1. The first-order chi connectivity index (χ1) is 8.11. The highest BCUT2D eigenvalue weighted by atomic mass is 16.1. The maximum absolute atomic E-state index is 12.1. The number of carbonyl (C=O) groups excluding carboxylic acids is 1. The lowest BCUT2D eigenvalue weighted by Gasteiger charge is -2.34. The highest BCUT2D eigenvalue weighted by Crippen LogP contribution is 2.28. The monoisotopic (exact) mass is 233 g/mol. The van der Waals surface area contributed by atoms with E-state index in [1.807, 2.05) is 0 Å². The molecule has 1 aromatic heterocycles. The Morgan fingerprint density at radius 2 is 2.12 bits per heavy atom. The molecule has 0 spiro atoms. The third-order valence-electron chi connectivity index (χ3n) is 3.47. The third kappa shape index (κ3) is 2.75. The summed E-state index contributed by atoms with van der Waals surface area (Å²) in [6.07, 6.45) is 8.83. The van der Waals surface area contributed by atoms with Gasteiger partial charge >= 0.3 is 0 Å². The Hall–Kier alpha value is -1.58. The van der Waals surface area contributed by atoms with Crippen molar-refractivity contribution in [1.29, 1.82) is 0 Å². The van der Waals surface area contributed by atoms with Crippen molar-refractivity contribution in [3.8, 4) is 0 Å². The molecule has 0 radical (unpaired) electrons. The topological polar surface area (TPSA) is 68.0 Å². The molecule has 4 heteroatoms. The number of anilines is 1. The molecule has 0 aromatic carbocycles. The van der Waals surface area contributed by atoms with Gasteiger partial charge < -0.3 is 11.1 Å². The van der Waals surface area contributed by atoms with E-state index < -0.39 is 0 Å². The number of hydrogen-bond donors (Lipinski definition) is 2. The molecule has 1 fully saturated rings. The first-order valence-electron chi connectivity index (χ1n) is 6.13. The number of nitrogens with one attached hydrogen (secondary N) is 1. The second-order valence-electron chi connectivity index (χ2n) is 5.04. The van der Waals surface area contributed by atoms with E-state index in [-0.39, 0.29) is 11.4 Å². The van der Waals surface area contributed by atoms with Crippen LogP contribution < -0.4 is 11.1 Å². The van der Waals surface area contributed by atoms with Crippen molar-refractivity contribution >= 4 is 11.6 Å². The SMILES string of the molecule is CC1(NC(=O)c2ccncc2N)CCCCC1. The minimum absolute atomic E-state index is 0.0783. The molecule has 0 bridgehead atoms. The van der Waals surface area contributed by atoms with Gasteiger partial charge in [-0.2, -0.15) is 0 Å². The smallest absolute Gasteiger partial charge is 0.253 e. The molecule has 0 atom stereocenters. The number of amides is 1. The molecule has 0 unspecified atom stereocenters. The summed E-state index contributed by atoms with van der Waals surface area (Å²) in [5.41, 5.74) is 6.62. The molecule has 0 aliphatic heterocycles. The van der Waals surface area contributed by atoms with E-state index in [1.54, 1.807) is 12.3 Å². The van der Waals surface area contributed by atoms with Gasteiger partial charge in [-0.25, -0.2) is 0 Å². The summed E-state index contributed by atoms with van der Waals surface area (Å²) in [6, 6.07) is 1.66. The van der Waals surface area contributed by atoms with Gasteiger partial charge in [-0.15, -0.1) is 0 Å². The molecule has 17 heavy (non-hydrogen) atoms. The Labute approximate surface area is 102 Å². The van der Waals surface area contributed by atoms with Gasteiger partial charge in [0.05, 0.1) is 17.4 Å². The molecule has 1 aromatic rings. The Morgan fingerprint density at radius 3 is 2.76 bits per heavy atom. The Bertz CT molecular complexity index is 411. The Balaban J connectivity index is 2.09. The second-order valence-corrected chi connectivity index (χ2v) is 5.04. The predicted octanol–water partition coefficient (Wildman–Crippen LogP) is 2.12. The van der Waals surface area contributed by atoms with Crippen LogP contribution in [0.25, 0.3) is 0 Å². The largest absolute Gasteiger partial charge is 0.397 e. The Kier molecular flexibility index (Phi) is 3.31. The van der Waals surface area contributed by atoms with Crippen LogP contribution in [0, 0.1) is 0 Å². The number of hydrogen-bond acceptors (Lipinski definition) is 3. The maximum Gasteiger partial charge on any atom is 0.253 e. The average Bonchev–Trinajstić information content (AvgIpc) is 2.29. The lowest BCUT2D eigenvalue weighted by molar-refractivity contribution is 0.0883. The minimum Gasteiger partial charge on any atom is -0.397 e. The van der Waals surface area contributed by atoms with Gasteiger partial charge in [0.15, 0.2) is 0 Å². The van der Waals surface area contributed by atoms with E-state index in [0.29, 0.717) is 11.3 Å². The van der Waals surface area contributed by atoms with Gasteiger partial charge in [0, 0.05) is 11.7 Å². The van der Waals surface area contributed by atoms with Gasteiger partial charge in [0.2, 0.25) is 0 Å². The molecule has 1 aliphatic carbocycles. The van der Waals surface area contributed by atoms with Crippen molar-refractivity contribution in [3.63, 3.8) is 0 Å². The zero-order valence-corrected chi connectivity index (χ0v) is 10.2. The van der Waals surface area contributed by atoms with E-state index in [1.165, 1.54) is 25.5 Å². The fourth-order valence-electron chi connectivity index (χ4n) is 2.41. The van der Waals surface area contributed by atoms with Crippen LogP contribution in [0.5, 0.6) is 0 Å². The number of rotatable bonds is 2. The molecule has 1 saturated carbocycles. The van der Waals surface area contributed by atoms with Crippen LogP contribution in [0.1, 0.15) is 49.4 Å². The van der Waals surface area contributed by atoms with Crippen molar-refractivity contribution in [2.45, 2.75) is 44.6 Å². The van der Waals surface area contributed by atoms with Crippen LogP contribution in [0.3, 0.4) is 0 Å². The van der Waals surface area contributed by atoms with E-state index in [4.69, 9.17) is 5.73 Å². The second kappa shape index (κ2) is 4.73. The number of aromatic nitrogens is 1. The number of nitrogens with two attached hydrogens (primary N) is 1. The number of pyridine rings is 1. The molecule has 1 aliphatic rings. The van der Waals surface area contributed by atoms with Crippen LogP contribution in [-0.4, -0.2) is 16.4 Å². The summed E-state index contributed by atoms with van der Waals surface area (Å²) in [4.78, 5) is 16.0. The van der Waals surface area contributed by atoms with Crippen LogP contribution in [0.15, 0.2) is 18.5 Å². The van der Waals surface area contributed by atoms with E-state index in [0.717, 1.165) is 12.8 Å². The zero-order valence-electron chi connectivity index (χ0n) is 10.2. The Morgan fingerprint density at radius 1 is 1.41 bits per heavy atom. The quantitative estimate of drug-likeness (QED) is 0.822. The lowest BCUT2D eigenvalue weighted by Crippen LogP contribution is -2.47. The van der Waals surface area contributed by atoms with Gasteiger partial charge in [0.1, 0.15) is 0 Å². The molecular weight excluding hydrogens is 214 g/mol. The van der Waals surface area contributed by atoms with E-state index in [9.17, 15) is 4.79 Å².